The molecule has 2 heterocycles. The zero-order chi connectivity index (χ0) is 29.4. The van der Waals surface area contributed by atoms with Crippen LogP contribution in [0.4, 0.5) is 5.82 Å². The average Bonchev–Trinajstić information content (AvgIpc) is 2.96. The number of aliphatic carboxylic acids is 1. The van der Waals surface area contributed by atoms with Crippen molar-refractivity contribution < 1.29 is 24.3 Å². The molecule has 1 atom stereocenters. The second kappa shape index (κ2) is 14.2. The molecule has 0 saturated carbocycles. The summed E-state index contributed by atoms with van der Waals surface area (Å²) in [7, 11) is 0. The van der Waals surface area contributed by atoms with Gasteiger partial charge in [-0.1, -0.05) is 59.6 Å². The van der Waals surface area contributed by atoms with Crippen molar-refractivity contribution in [2.24, 2.45) is 5.92 Å². The molecule has 1 amide bonds. The maximum absolute atomic E-state index is 13.0. The van der Waals surface area contributed by atoms with E-state index in [1.165, 1.54) is 5.56 Å². The third-order valence-corrected chi connectivity index (χ3v) is 7.59. The van der Waals surface area contributed by atoms with Crippen LogP contribution in [-0.2, 0) is 27.2 Å². The third kappa shape index (κ3) is 8.38. The van der Waals surface area contributed by atoms with Crippen molar-refractivity contribution in [2.75, 3.05) is 18.4 Å². The number of ketones is 2. The van der Waals surface area contributed by atoms with Gasteiger partial charge in [-0.25, -0.2) is 4.98 Å². The Kier molecular flexibility index (Phi) is 10.5. The first-order chi connectivity index (χ1) is 19.7. The van der Waals surface area contributed by atoms with Gasteiger partial charge >= 0.3 is 5.97 Å². The number of benzene rings is 2. The summed E-state index contributed by atoms with van der Waals surface area (Å²) in [5.74, 6) is -2.64. The quantitative estimate of drug-likeness (QED) is 0.214. The fraction of sp³-hybridized carbons (Fsp3) is 0.323. The summed E-state index contributed by atoms with van der Waals surface area (Å²) in [6.07, 6.45) is 2.36. The molecule has 0 bridgehead atoms. The van der Waals surface area contributed by atoms with E-state index >= 15 is 0 Å². The molecule has 214 valence electrons. The number of aryl methyl sites for hydroxylation is 2. The number of carboxylic acids is 1. The highest BCUT2D eigenvalue weighted by molar-refractivity contribution is 6.40. The first kappa shape index (κ1) is 30.2. The minimum absolute atomic E-state index is 0.0324. The number of pyridine rings is 1. The van der Waals surface area contributed by atoms with Crippen LogP contribution in [0.15, 0.2) is 54.6 Å². The highest BCUT2D eigenvalue weighted by Gasteiger charge is 2.26. The Hall–Kier alpha value is -3.75. The lowest BCUT2D eigenvalue weighted by atomic mass is 9.96. The number of hydrogen-bond donors (Lipinski definition) is 3. The summed E-state index contributed by atoms with van der Waals surface area (Å²) in [5, 5.41) is 15.7. The summed E-state index contributed by atoms with van der Waals surface area (Å²) in [6, 6.07) is 16.6. The Morgan fingerprint density at radius 2 is 1.68 bits per heavy atom. The average molecular weight is 597 g/mol. The molecule has 0 fully saturated rings. The number of carbonyl (C=O) groups is 4. The maximum atomic E-state index is 13.0. The number of anilines is 1. The fourth-order valence-electron chi connectivity index (χ4n) is 4.69. The number of carbonyl (C=O) groups excluding carboxylic acids is 3. The first-order valence-corrected chi connectivity index (χ1v) is 14.3. The monoisotopic (exact) mass is 595 g/mol. The number of Topliss-reactive ketones (excluding diaryl/α,β-unsaturated/α-hetero) is 2. The molecule has 0 aliphatic carbocycles. The van der Waals surface area contributed by atoms with E-state index in [1.807, 2.05) is 42.5 Å². The van der Waals surface area contributed by atoms with Crippen molar-refractivity contribution in [3.05, 3.63) is 81.5 Å². The molecule has 1 aliphatic heterocycles. The molecule has 41 heavy (non-hydrogen) atoms. The fourth-order valence-corrected chi connectivity index (χ4v) is 5.39. The van der Waals surface area contributed by atoms with E-state index in [0.29, 0.717) is 6.42 Å². The molecular formula is C31H31Cl2N3O5. The predicted octanol–water partition coefficient (Wildman–Crippen LogP) is 5.79. The van der Waals surface area contributed by atoms with E-state index in [4.69, 9.17) is 23.2 Å². The largest absolute Gasteiger partial charge is 0.481 e. The third-order valence-electron chi connectivity index (χ3n) is 7.00. The number of aromatic nitrogens is 1. The highest BCUT2D eigenvalue weighted by atomic mass is 35.5. The van der Waals surface area contributed by atoms with E-state index in [2.05, 4.69) is 15.6 Å². The van der Waals surface area contributed by atoms with Crippen LogP contribution in [0.2, 0.25) is 10.0 Å². The molecule has 0 unspecified atom stereocenters. The molecule has 0 spiro atoms. The van der Waals surface area contributed by atoms with Gasteiger partial charge < -0.3 is 15.7 Å². The van der Waals surface area contributed by atoms with Crippen LogP contribution in [0.3, 0.4) is 0 Å². The summed E-state index contributed by atoms with van der Waals surface area (Å²) < 4.78 is 0. The summed E-state index contributed by atoms with van der Waals surface area (Å²) >= 11 is 12.8. The first-order valence-electron chi connectivity index (χ1n) is 13.5. The van der Waals surface area contributed by atoms with Crippen LogP contribution < -0.4 is 10.6 Å². The molecule has 1 aliphatic rings. The topological polar surface area (TPSA) is 125 Å². The lowest BCUT2D eigenvalue weighted by molar-refractivity contribution is -0.141. The Morgan fingerprint density at radius 3 is 2.39 bits per heavy atom. The van der Waals surface area contributed by atoms with Gasteiger partial charge in [0.1, 0.15) is 11.6 Å². The SMILES string of the molecule is O=C(CCC(=O)NC[C@H](CC(=O)c1c(Cl)cc(-c2ccccc2)cc1Cl)C(=O)O)CCc1ccc2c(n1)NCCC2. The number of halogens is 2. The number of fused-ring (bicyclic) bond motifs is 1. The van der Waals surface area contributed by atoms with E-state index in [0.717, 1.165) is 42.0 Å². The molecule has 1 aromatic heterocycles. The van der Waals surface area contributed by atoms with Gasteiger partial charge in [-0.05, 0) is 54.2 Å². The smallest absolute Gasteiger partial charge is 0.308 e. The molecule has 4 rings (SSSR count). The van der Waals surface area contributed by atoms with Crippen molar-refractivity contribution >= 4 is 52.5 Å². The minimum Gasteiger partial charge on any atom is -0.481 e. The number of amides is 1. The normalized spacial score (nSPS) is 13.0. The van der Waals surface area contributed by atoms with Gasteiger partial charge in [0.05, 0.1) is 21.5 Å². The summed E-state index contributed by atoms with van der Waals surface area (Å²) in [5.41, 5.74) is 3.63. The van der Waals surface area contributed by atoms with E-state index in [-0.39, 0.29) is 47.2 Å². The van der Waals surface area contributed by atoms with Crippen LogP contribution in [0.5, 0.6) is 0 Å². The van der Waals surface area contributed by atoms with Crippen LogP contribution in [-0.4, -0.2) is 46.6 Å². The van der Waals surface area contributed by atoms with Gasteiger partial charge in [-0.15, -0.1) is 0 Å². The van der Waals surface area contributed by atoms with Gasteiger partial charge in [0.15, 0.2) is 5.78 Å². The highest BCUT2D eigenvalue weighted by Crippen LogP contribution is 2.33. The van der Waals surface area contributed by atoms with Crippen LogP contribution in [0.1, 0.15) is 53.7 Å². The molecule has 2 aromatic carbocycles. The second-order valence-electron chi connectivity index (χ2n) is 10.0. The predicted molar refractivity (Wildman–Crippen MR) is 159 cm³/mol. The standard InChI is InChI=1S/C31H31Cl2N3O5/c32-25-15-21(19-5-2-1-3-6-19)16-26(33)29(25)27(38)17-22(31(40)41)18-35-28(39)13-12-24(37)11-10-23-9-8-20-7-4-14-34-30(20)36-23/h1-3,5-6,8-9,15-16,22H,4,7,10-14,17-18H2,(H,34,36)(H,35,39)(H,40,41)/t22-/m0/s1. The van der Waals surface area contributed by atoms with Gasteiger partial charge in [-0.3, -0.25) is 19.2 Å². The van der Waals surface area contributed by atoms with Gasteiger partial charge in [-0.2, -0.15) is 0 Å². The number of hydrogen-bond acceptors (Lipinski definition) is 6. The molecule has 8 nitrogen and oxygen atoms in total. The Balaban J connectivity index is 1.25. The Bertz CT molecular complexity index is 1420. The van der Waals surface area contributed by atoms with Crippen molar-refractivity contribution in [1.82, 2.24) is 10.3 Å². The number of nitrogens with one attached hydrogen (secondary N) is 2. The maximum Gasteiger partial charge on any atom is 0.308 e. The van der Waals surface area contributed by atoms with Crippen LogP contribution in [0.25, 0.3) is 11.1 Å². The van der Waals surface area contributed by atoms with Crippen LogP contribution in [0, 0.1) is 5.92 Å². The van der Waals surface area contributed by atoms with Crippen molar-refractivity contribution in [1.29, 1.82) is 0 Å². The zero-order valence-corrected chi connectivity index (χ0v) is 23.9. The minimum atomic E-state index is -1.24. The second-order valence-corrected chi connectivity index (χ2v) is 10.8. The molecule has 10 heteroatoms. The van der Waals surface area contributed by atoms with Crippen LogP contribution >= 0.6 is 23.2 Å². The van der Waals surface area contributed by atoms with E-state index < -0.39 is 30.0 Å². The van der Waals surface area contributed by atoms with Gasteiger partial charge in [0.25, 0.3) is 0 Å². The van der Waals surface area contributed by atoms with Crippen molar-refractivity contribution in [2.45, 2.75) is 44.9 Å². The Morgan fingerprint density at radius 1 is 0.951 bits per heavy atom. The lowest BCUT2D eigenvalue weighted by Gasteiger charge is -2.17. The number of rotatable bonds is 13. The van der Waals surface area contributed by atoms with E-state index in [1.54, 1.807) is 12.1 Å². The zero-order valence-electron chi connectivity index (χ0n) is 22.4. The molecule has 0 saturated heterocycles. The van der Waals surface area contributed by atoms with Crippen molar-refractivity contribution in [3.8, 4) is 11.1 Å². The summed E-state index contributed by atoms with van der Waals surface area (Å²) in [6.45, 7) is 0.620. The number of nitrogens with zero attached hydrogens (tertiary/aromatic N) is 1. The molecular weight excluding hydrogens is 565 g/mol. The van der Waals surface area contributed by atoms with E-state index in [9.17, 15) is 24.3 Å². The number of carboxylic acid groups (broad SMARTS) is 1. The van der Waals surface area contributed by atoms with Crippen molar-refractivity contribution in [3.63, 3.8) is 0 Å². The molecule has 3 N–H and O–H groups in total. The molecule has 3 aromatic rings. The lowest BCUT2D eigenvalue weighted by Crippen LogP contribution is -2.34. The summed E-state index contributed by atoms with van der Waals surface area (Å²) in [4.78, 5) is 54.1. The van der Waals surface area contributed by atoms with Gasteiger partial charge in [0.2, 0.25) is 5.91 Å². The molecule has 0 radical (unpaired) electrons. The Labute approximate surface area is 248 Å². The van der Waals surface area contributed by atoms with Gasteiger partial charge in [0, 0.05) is 44.5 Å².